The molecule has 2 aromatic heterocycles. The van der Waals surface area contributed by atoms with Crippen LogP contribution in [-0.4, -0.2) is 27.6 Å². The van der Waals surface area contributed by atoms with E-state index < -0.39 is 0 Å². The van der Waals surface area contributed by atoms with E-state index in [4.69, 9.17) is 4.42 Å². The molecular formula is C27H26N4O2. The molecule has 1 amide bonds. The molecule has 6 nitrogen and oxygen atoms in total. The topological polar surface area (TPSA) is 80.9 Å². The molecule has 2 heterocycles. The molecule has 0 radical (unpaired) electrons. The first kappa shape index (κ1) is 21.1. The molecule has 1 fully saturated rings. The Balaban J connectivity index is 1.15. The van der Waals surface area contributed by atoms with Crippen molar-refractivity contribution in [1.82, 2.24) is 20.5 Å². The van der Waals surface area contributed by atoms with Gasteiger partial charge < -0.3 is 9.73 Å². The fourth-order valence-electron chi connectivity index (χ4n) is 4.44. The fraction of sp³-hybridized carbons (Fsp3) is 0.259. The summed E-state index contributed by atoms with van der Waals surface area (Å²) in [4.78, 5) is 16.6. The predicted molar refractivity (Wildman–Crippen MR) is 128 cm³/mol. The van der Waals surface area contributed by atoms with Crippen molar-refractivity contribution < 1.29 is 9.21 Å². The molecule has 0 unspecified atom stereocenters. The standard InChI is InChI=1S/C27H26N4O2/c32-24(15-12-19-6-2-1-3-7-19)29-18-20-10-13-22(14-11-20)26-30-31-27(33-26)25-23-9-5-4-8-21(23)16-17-28-25/h1-9,12,15-17,20,22H,10-11,13-14,18H2,(H,29,32). The summed E-state index contributed by atoms with van der Waals surface area (Å²) < 4.78 is 6.06. The Labute approximate surface area is 192 Å². The Morgan fingerprint density at radius 2 is 1.76 bits per heavy atom. The molecule has 1 N–H and O–H groups in total. The maximum absolute atomic E-state index is 12.1. The van der Waals surface area contributed by atoms with Gasteiger partial charge in [-0.05, 0) is 54.7 Å². The van der Waals surface area contributed by atoms with Gasteiger partial charge in [0.2, 0.25) is 11.8 Å². The van der Waals surface area contributed by atoms with Gasteiger partial charge >= 0.3 is 0 Å². The number of benzene rings is 2. The smallest absolute Gasteiger partial charge is 0.266 e. The molecule has 1 aliphatic carbocycles. The summed E-state index contributed by atoms with van der Waals surface area (Å²) in [5.74, 6) is 1.84. The molecule has 2 aromatic carbocycles. The first-order valence-electron chi connectivity index (χ1n) is 11.4. The molecule has 1 aliphatic rings. The summed E-state index contributed by atoms with van der Waals surface area (Å²) in [7, 11) is 0. The lowest BCUT2D eigenvalue weighted by atomic mass is 9.82. The van der Waals surface area contributed by atoms with Crippen LogP contribution >= 0.6 is 0 Å². The van der Waals surface area contributed by atoms with Crippen LogP contribution in [0.25, 0.3) is 28.4 Å². The molecule has 0 bridgehead atoms. The lowest BCUT2D eigenvalue weighted by molar-refractivity contribution is -0.116. The molecule has 0 aliphatic heterocycles. The maximum atomic E-state index is 12.1. The molecule has 5 rings (SSSR count). The van der Waals surface area contributed by atoms with Crippen molar-refractivity contribution in [3.63, 3.8) is 0 Å². The number of nitrogens with one attached hydrogen (secondary N) is 1. The summed E-state index contributed by atoms with van der Waals surface area (Å²) in [6, 6.07) is 19.9. The van der Waals surface area contributed by atoms with Gasteiger partial charge in [-0.25, -0.2) is 0 Å². The molecular weight excluding hydrogens is 412 g/mol. The zero-order chi connectivity index (χ0) is 22.5. The number of carbonyl (C=O) groups is 1. The zero-order valence-electron chi connectivity index (χ0n) is 18.4. The SMILES string of the molecule is O=C(C=Cc1ccccc1)NCC1CCC(c2nnc(-c3nccc4ccccc34)o2)CC1. The number of rotatable bonds is 6. The minimum atomic E-state index is -0.0508. The van der Waals surface area contributed by atoms with E-state index in [1.165, 1.54) is 0 Å². The second-order valence-corrected chi connectivity index (χ2v) is 8.53. The summed E-state index contributed by atoms with van der Waals surface area (Å²) in [5, 5.41) is 13.8. The third-order valence-corrected chi connectivity index (χ3v) is 6.30. The van der Waals surface area contributed by atoms with Crippen LogP contribution < -0.4 is 5.32 Å². The van der Waals surface area contributed by atoms with Gasteiger partial charge in [-0.3, -0.25) is 9.78 Å². The van der Waals surface area contributed by atoms with Gasteiger partial charge in [-0.2, -0.15) is 0 Å². The Bertz CT molecular complexity index is 1250. The highest BCUT2D eigenvalue weighted by atomic mass is 16.4. The minimum Gasteiger partial charge on any atom is -0.419 e. The lowest BCUT2D eigenvalue weighted by Crippen LogP contribution is -2.29. The third kappa shape index (κ3) is 5.00. The molecule has 1 saturated carbocycles. The molecule has 166 valence electrons. The number of hydrogen-bond acceptors (Lipinski definition) is 5. The molecule has 0 spiro atoms. The van der Waals surface area contributed by atoms with E-state index in [1.807, 2.05) is 60.7 Å². The summed E-state index contributed by atoms with van der Waals surface area (Å²) >= 11 is 0. The third-order valence-electron chi connectivity index (χ3n) is 6.30. The molecule has 4 aromatic rings. The van der Waals surface area contributed by atoms with E-state index in [9.17, 15) is 4.79 Å². The van der Waals surface area contributed by atoms with E-state index >= 15 is 0 Å². The number of pyridine rings is 1. The van der Waals surface area contributed by atoms with Crippen LogP contribution in [-0.2, 0) is 4.79 Å². The van der Waals surface area contributed by atoms with E-state index in [0.717, 1.165) is 47.7 Å². The highest BCUT2D eigenvalue weighted by Gasteiger charge is 2.27. The van der Waals surface area contributed by atoms with Crippen molar-refractivity contribution in [2.24, 2.45) is 5.92 Å². The lowest BCUT2D eigenvalue weighted by Gasteiger charge is -2.26. The van der Waals surface area contributed by atoms with Gasteiger partial charge in [0.1, 0.15) is 5.69 Å². The fourth-order valence-corrected chi connectivity index (χ4v) is 4.44. The Hall–Kier alpha value is -3.80. The largest absolute Gasteiger partial charge is 0.419 e. The monoisotopic (exact) mass is 438 g/mol. The highest BCUT2D eigenvalue weighted by Crippen LogP contribution is 2.36. The second-order valence-electron chi connectivity index (χ2n) is 8.53. The molecule has 6 heteroatoms. The number of carbonyl (C=O) groups excluding carboxylic acids is 1. The van der Waals surface area contributed by atoms with E-state index in [0.29, 0.717) is 24.2 Å². The van der Waals surface area contributed by atoms with Crippen molar-refractivity contribution in [1.29, 1.82) is 0 Å². The van der Waals surface area contributed by atoms with Crippen LogP contribution in [0.5, 0.6) is 0 Å². The van der Waals surface area contributed by atoms with Gasteiger partial charge in [-0.1, -0.05) is 54.6 Å². The Morgan fingerprint density at radius 3 is 2.61 bits per heavy atom. The van der Waals surface area contributed by atoms with Crippen LogP contribution in [0.2, 0.25) is 0 Å². The number of hydrogen-bond donors (Lipinski definition) is 1. The second kappa shape index (κ2) is 9.77. The van der Waals surface area contributed by atoms with Crippen LogP contribution in [0.3, 0.4) is 0 Å². The van der Waals surface area contributed by atoms with Gasteiger partial charge in [0, 0.05) is 30.1 Å². The van der Waals surface area contributed by atoms with Gasteiger partial charge in [0.25, 0.3) is 5.89 Å². The summed E-state index contributed by atoms with van der Waals surface area (Å²) in [6.45, 7) is 0.694. The van der Waals surface area contributed by atoms with Crippen molar-refractivity contribution >= 4 is 22.8 Å². The predicted octanol–water partition coefficient (Wildman–Crippen LogP) is 5.39. The Morgan fingerprint density at radius 1 is 0.970 bits per heavy atom. The van der Waals surface area contributed by atoms with Crippen molar-refractivity contribution in [2.75, 3.05) is 6.54 Å². The molecule has 33 heavy (non-hydrogen) atoms. The Kier molecular flexibility index (Phi) is 6.24. The minimum absolute atomic E-state index is 0.0508. The summed E-state index contributed by atoms with van der Waals surface area (Å²) in [5.41, 5.74) is 1.75. The maximum Gasteiger partial charge on any atom is 0.266 e. The first-order valence-corrected chi connectivity index (χ1v) is 11.4. The van der Waals surface area contributed by atoms with Crippen molar-refractivity contribution in [3.05, 3.63) is 84.4 Å². The van der Waals surface area contributed by atoms with Gasteiger partial charge in [-0.15, -0.1) is 10.2 Å². The van der Waals surface area contributed by atoms with Gasteiger partial charge in [0.15, 0.2) is 0 Å². The normalized spacial score (nSPS) is 18.5. The molecule has 0 atom stereocenters. The van der Waals surface area contributed by atoms with Crippen molar-refractivity contribution in [3.8, 4) is 11.6 Å². The molecule has 0 saturated heterocycles. The number of aromatic nitrogens is 3. The van der Waals surface area contributed by atoms with Crippen LogP contribution in [0.15, 0.2) is 77.4 Å². The van der Waals surface area contributed by atoms with E-state index in [1.54, 1.807) is 12.3 Å². The van der Waals surface area contributed by atoms with Crippen LogP contribution in [0, 0.1) is 5.92 Å². The summed E-state index contributed by atoms with van der Waals surface area (Å²) in [6.07, 6.45) is 9.22. The van der Waals surface area contributed by atoms with Crippen molar-refractivity contribution in [2.45, 2.75) is 31.6 Å². The average Bonchev–Trinajstić information content (AvgIpc) is 3.37. The highest BCUT2D eigenvalue weighted by molar-refractivity contribution is 5.92. The van der Waals surface area contributed by atoms with E-state index in [2.05, 4.69) is 26.6 Å². The average molecular weight is 439 g/mol. The van der Waals surface area contributed by atoms with Gasteiger partial charge in [0.05, 0.1) is 0 Å². The first-order chi connectivity index (χ1) is 16.3. The zero-order valence-corrected chi connectivity index (χ0v) is 18.4. The van der Waals surface area contributed by atoms with Crippen LogP contribution in [0.4, 0.5) is 0 Å². The quantitative estimate of drug-likeness (QED) is 0.408. The van der Waals surface area contributed by atoms with Crippen LogP contribution in [0.1, 0.15) is 43.1 Å². The number of nitrogens with zero attached hydrogens (tertiary/aromatic N) is 3. The number of amides is 1. The number of fused-ring (bicyclic) bond motifs is 1. The van der Waals surface area contributed by atoms with E-state index in [-0.39, 0.29) is 11.8 Å².